The van der Waals surface area contributed by atoms with E-state index < -0.39 is 5.92 Å². The molecule has 1 atom stereocenters. The zero-order chi connectivity index (χ0) is 13.2. The van der Waals surface area contributed by atoms with Crippen LogP contribution in [0.4, 0.5) is 8.78 Å². The molecule has 1 aliphatic rings. The molecule has 1 aliphatic carbocycles. The highest BCUT2D eigenvalue weighted by Gasteiger charge is 2.37. The summed E-state index contributed by atoms with van der Waals surface area (Å²) >= 11 is 1.66. The van der Waals surface area contributed by atoms with E-state index in [9.17, 15) is 8.78 Å². The maximum atomic E-state index is 13.1. The number of aryl methyl sites for hydroxylation is 1. The van der Waals surface area contributed by atoms with Crippen LogP contribution in [0.5, 0.6) is 0 Å². The predicted molar refractivity (Wildman–Crippen MR) is 70.3 cm³/mol. The van der Waals surface area contributed by atoms with Gasteiger partial charge in [0.05, 0.1) is 5.01 Å². The molecule has 2 nitrogen and oxygen atoms in total. The van der Waals surface area contributed by atoms with Crippen molar-refractivity contribution in [3.63, 3.8) is 0 Å². The van der Waals surface area contributed by atoms with Crippen molar-refractivity contribution in [1.29, 1.82) is 0 Å². The van der Waals surface area contributed by atoms with Crippen molar-refractivity contribution in [2.75, 3.05) is 7.05 Å². The molecule has 5 heteroatoms. The van der Waals surface area contributed by atoms with Crippen LogP contribution in [0, 0.1) is 12.8 Å². The van der Waals surface area contributed by atoms with E-state index in [4.69, 9.17) is 0 Å². The fraction of sp³-hybridized carbons (Fsp3) is 0.769. The number of nitrogens with zero attached hydrogens (tertiary/aromatic N) is 1. The van der Waals surface area contributed by atoms with Crippen LogP contribution in [0.15, 0.2) is 5.38 Å². The van der Waals surface area contributed by atoms with Gasteiger partial charge in [0, 0.05) is 36.4 Å². The van der Waals surface area contributed by atoms with Crippen LogP contribution in [-0.4, -0.2) is 24.0 Å². The first kappa shape index (κ1) is 13.9. The normalized spacial score (nSPS) is 22.0. The molecule has 2 rings (SSSR count). The van der Waals surface area contributed by atoms with Crippen molar-refractivity contribution in [2.45, 2.75) is 51.0 Å². The van der Waals surface area contributed by atoms with Crippen LogP contribution in [-0.2, 0) is 6.42 Å². The maximum absolute atomic E-state index is 13.1. The van der Waals surface area contributed by atoms with Gasteiger partial charge < -0.3 is 5.32 Å². The van der Waals surface area contributed by atoms with Crippen LogP contribution >= 0.6 is 11.3 Å². The molecule has 0 radical (unpaired) electrons. The molecular weight excluding hydrogens is 254 g/mol. The lowest BCUT2D eigenvalue weighted by Gasteiger charge is -2.33. The number of hydrogen-bond donors (Lipinski definition) is 1. The largest absolute Gasteiger partial charge is 0.316 e. The Morgan fingerprint density at radius 3 is 2.67 bits per heavy atom. The van der Waals surface area contributed by atoms with E-state index in [1.165, 1.54) is 0 Å². The summed E-state index contributed by atoms with van der Waals surface area (Å²) in [5, 5.41) is 6.42. The molecule has 0 saturated heterocycles. The van der Waals surface area contributed by atoms with Crippen molar-refractivity contribution in [3.8, 4) is 0 Å². The summed E-state index contributed by atoms with van der Waals surface area (Å²) in [4.78, 5) is 4.45. The molecule has 102 valence electrons. The van der Waals surface area contributed by atoms with Gasteiger partial charge in [0.25, 0.3) is 0 Å². The maximum Gasteiger partial charge on any atom is 0.248 e. The molecule has 1 fully saturated rings. The Kier molecular flexibility index (Phi) is 4.33. The van der Waals surface area contributed by atoms with Crippen LogP contribution < -0.4 is 5.32 Å². The van der Waals surface area contributed by atoms with E-state index in [-0.39, 0.29) is 18.9 Å². The quantitative estimate of drug-likeness (QED) is 0.910. The number of nitrogens with one attached hydrogen (secondary N) is 1. The molecule has 1 saturated carbocycles. The molecule has 18 heavy (non-hydrogen) atoms. The first-order valence-electron chi connectivity index (χ1n) is 6.46. The minimum absolute atomic E-state index is 0.0345. The summed E-state index contributed by atoms with van der Waals surface area (Å²) in [5.41, 5.74) is 1.04. The van der Waals surface area contributed by atoms with Gasteiger partial charge in [0.1, 0.15) is 0 Å². The smallest absolute Gasteiger partial charge is 0.248 e. The first-order chi connectivity index (χ1) is 8.50. The molecular formula is C13H20F2N2S. The molecule has 0 aromatic carbocycles. The molecule has 0 aliphatic heterocycles. The monoisotopic (exact) mass is 274 g/mol. The number of rotatable bonds is 4. The van der Waals surface area contributed by atoms with Crippen molar-refractivity contribution < 1.29 is 8.78 Å². The summed E-state index contributed by atoms with van der Waals surface area (Å²) < 4.78 is 26.3. The van der Waals surface area contributed by atoms with Gasteiger partial charge in [-0.2, -0.15) is 0 Å². The van der Waals surface area contributed by atoms with Gasteiger partial charge in [0.15, 0.2) is 0 Å². The number of hydrogen-bond acceptors (Lipinski definition) is 3. The highest BCUT2D eigenvalue weighted by Crippen LogP contribution is 2.38. The van der Waals surface area contributed by atoms with Crippen molar-refractivity contribution >= 4 is 11.3 Å². The fourth-order valence-electron chi connectivity index (χ4n) is 2.65. The van der Waals surface area contributed by atoms with E-state index in [2.05, 4.69) is 10.3 Å². The molecule has 0 amide bonds. The van der Waals surface area contributed by atoms with Crippen LogP contribution in [0.2, 0.25) is 0 Å². The average Bonchev–Trinajstić information content (AvgIpc) is 2.72. The van der Waals surface area contributed by atoms with Gasteiger partial charge in [0.2, 0.25) is 5.92 Å². The summed E-state index contributed by atoms with van der Waals surface area (Å²) in [5.74, 6) is -2.09. The van der Waals surface area contributed by atoms with Gasteiger partial charge in [-0.3, -0.25) is 0 Å². The second-order valence-corrected chi connectivity index (χ2v) is 6.12. The lowest BCUT2D eigenvalue weighted by atomic mass is 9.81. The Labute approximate surface area is 111 Å². The third-order valence-electron chi connectivity index (χ3n) is 3.76. The summed E-state index contributed by atoms with van der Waals surface area (Å²) in [6.45, 7) is 1.98. The van der Waals surface area contributed by atoms with Crippen LogP contribution in [0.25, 0.3) is 0 Å². The van der Waals surface area contributed by atoms with E-state index in [1.54, 1.807) is 11.3 Å². The number of halogens is 2. The molecule has 1 unspecified atom stereocenters. The van der Waals surface area contributed by atoms with E-state index >= 15 is 0 Å². The highest BCUT2D eigenvalue weighted by molar-refractivity contribution is 7.09. The Balaban J connectivity index is 1.93. The fourth-order valence-corrected chi connectivity index (χ4v) is 3.49. The standard InChI is InChI=1S/C13H20F2N2S/c1-9-8-18-12(17-9)7-11(16-2)10-3-5-13(14,15)6-4-10/h8,10-11,16H,3-7H2,1-2H3. The molecule has 0 spiro atoms. The second-order valence-electron chi connectivity index (χ2n) is 5.18. The predicted octanol–water partition coefficient (Wildman–Crippen LogP) is 3.41. The molecule has 0 bridgehead atoms. The third-order valence-corrected chi connectivity index (χ3v) is 4.75. The number of likely N-dealkylation sites (N-methyl/N-ethyl adjacent to an activating group) is 1. The SMILES string of the molecule is CNC(Cc1nc(C)cs1)C1CCC(F)(F)CC1. The molecule has 1 aromatic rings. The van der Waals surface area contributed by atoms with Crippen molar-refractivity contribution in [3.05, 3.63) is 16.1 Å². The van der Waals surface area contributed by atoms with Crippen LogP contribution in [0.1, 0.15) is 36.4 Å². The van der Waals surface area contributed by atoms with Crippen molar-refractivity contribution in [2.24, 2.45) is 5.92 Å². The number of aromatic nitrogens is 1. The van der Waals surface area contributed by atoms with Gasteiger partial charge in [-0.1, -0.05) is 0 Å². The minimum atomic E-state index is -2.44. The molecule has 1 aromatic heterocycles. The Morgan fingerprint density at radius 1 is 1.50 bits per heavy atom. The van der Waals surface area contributed by atoms with E-state index in [0.717, 1.165) is 17.1 Å². The summed E-state index contributed by atoms with van der Waals surface area (Å²) in [6, 6.07) is 0.270. The summed E-state index contributed by atoms with van der Waals surface area (Å²) in [6.07, 6.45) is 2.15. The Bertz CT molecular complexity index is 382. The minimum Gasteiger partial charge on any atom is -0.316 e. The van der Waals surface area contributed by atoms with Crippen LogP contribution in [0.3, 0.4) is 0 Å². The van der Waals surface area contributed by atoms with E-state index in [1.807, 2.05) is 19.4 Å². The third kappa shape index (κ3) is 3.48. The second kappa shape index (κ2) is 5.61. The van der Waals surface area contributed by atoms with Gasteiger partial charge >= 0.3 is 0 Å². The first-order valence-corrected chi connectivity index (χ1v) is 7.34. The summed E-state index contributed by atoms with van der Waals surface area (Å²) in [7, 11) is 1.91. The van der Waals surface area contributed by atoms with Crippen molar-refractivity contribution in [1.82, 2.24) is 10.3 Å². The Hall–Kier alpha value is -0.550. The molecule has 1 N–H and O–H groups in total. The zero-order valence-corrected chi connectivity index (χ0v) is 11.7. The average molecular weight is 274 g/mol. The Morgan fingerprint density at radius 2 is 2.17 bits per heavy atom. The zero-order valence-electron chi connectivity index (χ0n) is 10.9. The molecule has 1 heterocycles. The van der Waals surface area contributed by atoms with Gasteiger partial charge in [-0.15, -0.1) is 11.3 Å². The number of alkyl halides is 2. The van der Waals surface area contributed by atoms with E-state index in [0.29, 0.717) is 18.8 Å². The van der Waals surface area contributed by atoms with Gasteiger partial charge in [-0.25, -0.2) is 13.8 Å². The topological polar surface area (TPSA) is 24.9 Å². The van der Waals surface area contributed by atoms with Gasteiger partial charge in [-0.05, 0) is 32.7 Å². The lowest BCUT2D eigenvalue weighted by molar-refractivity contribution is -0.0492. The highest BCUT2D eigenvalue weighted by atomic mass is 32.1. The number of thiazole rings is 1. The lowest BCUT2D eigenvalue weighted by Crippen LogP contribution is -2.39.